The number of fused-ring (bicyclic) bond motifs is 1. The molecule has 0 atom stereocenters. The Labute approximate surface area is 151 Å². The number of hydrogen-bond donors (Lipinski definition) is 1. The molecule has 0 spiro atoms. The van der Waals surface area contributed by atoms with E-state index in [9.17, 15) is 9.18 Å². The Balaban J connectivity index is 1.59. The number of carbonyl (C=O) groups excluding carboxylic acids is 1. The highest BCUT2D eigenvalue weighted by Crippen LogP contribution is 2.31. The molecule has 1 saturated carbocycles. The maximum absolute atomic E-state index is 14.0. The number of benzene rings is 2. The quantitative estimate of drug-likeness (QED) is 0.739. The van der Waals surface area contributed by atoms with Crippen LogP contribution in [0.4, 0.5) is 4.39 Å². The van der Waals surface area contributed by atoms with Crippen molar-refractivity contribution in [3.8, 4) is 0 Å². The summed E-state index contributed by atoms with van der Waals surface area (Å²) in [6, 6.07) is 14.7. The molecule has 0 aliphatic heterocycles. The molecular weight excluding hydrogens is 329 g/mol. The van der Waals surface area contributed by atoms with E-state index in [2.05, 4.69) is 9.88 Å². The smallest absolute Gasteiger partial charge is 0.248 e. The monoisotopic (exact) mass is 349 g/mol. The van der Waals surface area contributed by atoms with Crippen molar-refractivity contribution in [3.05, 3.63) is 77.2 Å². The van der Waals surface area contributed by atoms with Crippen LogP contribution in [0.15, 0.2) is 54.7 Å². The lowest BCUT2D eigenvalue weighted by Gasteiger charge is -2.23. The zero-order valence-corrected chi connectivity index (χ0v) is 14.4. The van der Waals surface area contributed by atoms with E-state index in [-0.39, 0.29) is 5.82 Å². The Kier molecular flexibility index (Phi) is 4.39. The Morgan fingerprint density at radius 1 is 1.15 bits per heavy atom. The number of hydrogen-bond acceptors (Lipinski definition) is 3. The van der Waals surface area contributed by atoms with Crippen LogP contribution in [-0.2, 0) is 13.1 Å². The fourth-order valence-corrected chi connectivity index (χ4v) is 3.33. The van der Waals surface area contributed by atoms with Crippen LogP contribution < -0.4 is 5.73 Å². The van der Waals surface area contributed by atoms with Crippen molar-refractivity contribution >= 4 is 16.8 Å². The predicted octanol–water partition coefficient (Wildman–Crippen LogP) is 3.64. The van der Waals surface area contributed by atoms with E-state index in [1.54, 1.807) is 24.4 Å². The van der Waals surface area contributed by atoms with Crippen molar-refractivity contribution in [1.82, 2.24) is 9.88 Å². The highest BCUT2D eigenvalue weighted by molar-refractivity contribution is 5.92. The van der Waals surface area contributed by atoms with Gasteiger partial charge in [0.15, 0.2) is 0 Å². The van der Waals surface area contributed by atoms with Crippen molar-refractivity contribution in [2.45, 2.75) is 32.0 Å². The van der Waals surface area contributed by atoms with Crippen LogP contribution in [0.25, 0.3) is 10.9 Å². The molecule has 4 nitrogen and oxygen atoms in total. The van der Waals surface area contributed by atoms with Crippen molar-refractivity contribution in [3.63, 3.8) is 0 Å². The lowest BCUT2D eigenvalue weighted by Crippen LogP contribution is -2.25. The van der Waals surface area contributed by atoms with Gasteiger partial charge in [0.05, 0.1) is 5.52 Å². The number of amides is 1. The van der Waals surface area contributed by atoms with Gasteiger partial charge >= 0.3 is 0 Å². The molecule has 2 aromatic carbocycles. The summed E-state index contributed by atoms with van der Waals surface area (Å²) >= 11 is 0. The van der Waals surface area contributed by atoms with Gasteiger partial charge in [0, 0.05) is 36.3 Å². The largest absolute Gasteiger partial charge is 0.366 e. The van der Waals surface area contributed by atoms with Crippen LogP contribution in [-0.4, -0.2) is 21.8 Å². The molecule has 3 aromatic rings. The van der Waals surface area contributed by atoms with Crippen molar-refractivity contribution in [2.75, 3.05) is 0 Å². The van der Waals surface area contributed by atoms with Gasteiger partial charge in [-0.2, -0.15) is 0 Å². The Hall–Kier alpha value is -2.79. The third-order valence-electron chi connectivity index (χ3n) is 4.81. The second kappa shape index (κ2) is 6.84. The highest BCUT2D eigenvalue weighted by Gasteiger charge is 2.29. The summed E-state index contributed by atoms with van der Waals surface area (Å²) < 4.78 is 14.0. The molecule has 0 unspecified atom stereocenters. The molecule has 0 bridgehead atoms. The Morgan fingerprint density at radius 3 is 2.62 bits per heavy atom. The van der Waals surface area contributed by atoms with E-state index in [1.807, 2.05) is 24.3 Å². The second-order valence-electron chi connectivity index (χ2n) is 6.84. The minimum absolute atomic E-state index is 0.234. The topological polar surface area (TPSA) is 59.2 Å². The maximum Gasteiger partial charge on any atom is 0.248 e. The van der Waals surface area contributed by atoms with Gasteiger partial charge in [0.2, 0.25) is 5.91 Å². The fraction of sp³-hybridized carbons (Fsp3) is 0.238. The van der Waals surface area contributed by atoms with E-state index in [0.29, 0.717) is 18.2 Å². The van der Waals surface area contributed by atoms with Crippen molar-refractivity contribution < 1.29 is 9.18 Å². The summed E-state index contributed by atoms with van der Waals surface area (Å²) in [7, 11) is 0. The molecule has 2 N–H and O–H groups in total. The van der Waals surface area contributed by atoms with Gasteiger partial charge in [-0.25, -0.2) is 4.39 Å². The summed E-state index contributed by atoms with van der Waals surface area (Å²) in [6.07, 6.45) is 4.05. The van der Waals surface area contributed by atoms with Gasteiger partial charge in [0.25, 0.3) is 0 Å². The molecule has 0 saturated heterocycles. The predicted molar refractivity (Wildman–Crippen MR) is 98.9 cm³/mol. The van der Waals surface area contributed by atoms with Gasteiger partial charge in [0.1, 0.15) is 5.82 Å². The van der Waals surface area contributed by atoms with Crippen molar-refractivity contribution in [1.29, 1.82) is 0 Å². The fourth-order valence-electron chi connectivity index (χ4n) is 3.33. The number of aromatic nitrogens is 1. The lowest BCUT2D eigenvalue weighted by molar-refractivity contribution is 0.100. The Morgan fingerprint density at radius 2 is 1.92 bits per heavy atom. The molecular formula is C21H20FN3O. The summed E-state index contributed by atoms with van der Waals surface area (Å²) in [6.45, 7) is 1.39. The molecule has 5 heteroatoms. The summed E-state index contributed by atoms with van der Waals surface area (Å²) in [5.41, 5.74) is 8.67. The zero-order valence-electron chi connectivity index (χ0n) is 14.4. The van der Waals surface area contributed by atoms with Crippen LogP contribution in [0.2, 0.25) is 0 Å². The summed E-state index contributed by atoms with van der Waals surface area (Å²) in [5, 5.41) is 0.823. The average Bonchev–Trinajstić information content (AvgIpc) is 3.46. The number of nitrogens with zero attached hydrogens (tertiary/aromatic N) is 2. The van der Waals surface area contributed by atoms with Crippen LogP contribution in [0.5, 0.6) is 0 Å². The average molecular weight is 349 g/mol. The number of halogens is 1. The first-order chi connectivity index (χ1) is 12.6. The summed E-state index contributed by atoms with van der Waals surface area (Å²) in [5.74, 6) is -0.657. The Bertz CT molecular complexity index is 951. The molecule has 1 aliphatic carbocycles. The second-order valence-corrected chi connectivity index (χ2v) is 6.84. The van der Waals surface area contributed by atoms with E-state index in [1.165, 1.54) is 6.07 Å². The molecule has 1 aromatic heterocycles. The van der Waals surface area contributed by atoms with E-state index >= 15 is 0 Å². The first kappa shape index (κ1) is 16.7. The van der Waals surface area contributed by atoms with E-state index in [0.717, 1.165) is 41.4 Å². The number of pyridine rings is 1. The molecule has 1 amide bonds. The normalized spacial score (nSPS) is 14.1. The zero-order chi connectivity index (χ0) is 18.1. The van der Waals surface area contributed by atoms with Crippen LogP contribution in [0.1, 0.15) is 34.3 Å². The third-order valence-corrected chi connectivity index (χ3v) is 4.81. The number of rotatable bonds is 6. The number of primary amides is 1. The van der Waals surface area contributed by atoms with Crippen molar-refractivity contribution in [2.24, 2.45) is 5.73 Å². The number of nitrogens with two attached hydrogens (primary N) is 1. The maximum atomic E-state index is 14.0. The number of carbonyl (C=O) groups is 1. The molecule has 1 fully saturated rings. The molecule has 26 heavy (non-hydrogen) atoms. The third kappa shape index (κ3) is 3.58. The molecule has 132 valence electrons. The molecule has 4 rings (SSSR count). The van der Waals surface area contributed by atoms with Crippen LogP contribution >= 0.6 is 0 Å². The first-order valence-electron chi connectivity index (χ1n) is 8.76. The van der Waals surface area contributed by atoms with Gasteiger partial charge < -0.3 is 5.73 Å². The van der Waals surface area contributed by atoms with Crippen LogP contribution in [0, 0.1) is 5.82 Å². The molecule has 1 heterocycles. The van der Waals surface area contributed by atoms with Gasteiger partial charge in [-0.1, -0.05) is 18.2 Å². The minimum atomic E-state index is -0.423. The highest BCUT2D eigenvalue weighted by atomic mass is 19.1. The van der Waals surface area contributed by atoms with Gasteiger partial charge in [-0.15, -0.1) is 0 Å². The molecule has 0 radical (unpaired) electrons. The SMILES string of the molecule is NC(=O)c1ccc(CN(Cc2cc(F)cc3cccnc23)C2CC2)cc1. The van der Waals surface area contributed by atoms with Gasteiger partial charge in [-0.3, -0.25) is 14.7 Å². The van der Waals surface area contributed by atoms with E-state index in [4.69, 9.17) is 5.73 Å². The first-order valence-corrected chi connectivity index (χ1v) is 8.76. The standard InChI is InChI=1S/C21H20FN3O/c22-18-10-16-2-1-9-24-20(16)17(11-18)13-25(19-7-8-19)12-14-3-5-15(6-4-14)21(23)26/h1-6,9-11,19H,7-8,12-13H2,(H2,23,26). The van der Waals surface area contributed by atoms with Crippen LogP contribution in [0.3, 0.4) is 0 Å². The molecule has 1 aliphatic rings. The van der Waals surface area contributed by atoms with E-state index < -0.39 is 5.91 Å². The summed E-state index contributed by atoms with van der Waals surface area (Å²) in [4.78, 5) is 18.0. The van der Waals surface area contributed by atoms with Gasteiger partial charge in [-0.05, 0) is 54.3 Å². The lowest BCUT2D eigenvalue weighted by atomic mass is 10.1. The minimum Gasteiger partial charge on any atom is -0.366 e.